The van der Waals surface area contributed by atoms with Gasteiger partial charge in [0.2, 0.25) is 5.76 Å². The van der Waals surface area contributed by atoms with Crippen LogP contribution in [0.5, 0.6) is 0 Å². The van der Waals surface area contributed by atoms with E-state index < -0.39 is 5.97 Å². The minimum Gasteiger partial charge on any atom is -0.475 e. The number of furan rings is 1. The van der Waals surface area contributed by atoms with Crippen molar-refractivity contribution in [3.63, 3.8) is 0 Å². The third-order valence-corrected chi connectivity index (χ3v) is 3.55. The Bertz CT molecular complexity index is 432. The summed E-state index contributed by atoms with van der Waals surface area (Å²) in [6.07, 6.45) is 6.21. The average Bonchev–Trinajstić information content (AvgIpc) is 2.85. The maximum atomic E-state index is 10.9. The fourth-order valence-electron chi connectivity index (χ4n) is 2.72. The molecule has 2 aliphatic rings. The summed E-state index contributed by atoms with van der Waals surface area (Å²) < 4.78 is 5.06. The quantitative estimate of drug-likeness (QED) is 0.678. The number of fused-ring (bicyclic) bond motifs is 1. The molecular formula is C11H14N2O3. The number of hydrogen-bond acceptors (Lipinski definition) is 4. The molecule has 0 amide bonds. The van der Waals surface area contributed by atoms with Crippen molar-refractivity contribution in [3.8, 4) is 0 Å². The van der Waals surface area contributed by atoms with Crippen LogP contribution in [0.25, 0.3) is 0 Å². The van der Waals surface area contributed by atoms with Crippen LogP contribution in [0.2, 0.25) is 0 Å². The molecule has 5 nitrogen and oxygen atoms in total. The highest BCUT2D eigenvalue weighted by Gasteiger charge is 2.38. The Morgan fingerprint density at radius 1 is 1.44 bits per heavy atom. The Morgan fingerprint density at radius 3 is 2.88 bits per heavy atom. The lowest BCUT2D eigenvalue weighted by atomic mass is 9.95. The maximum Gasteiger partial charge on any atom is 0.374 e. The topological polar surface area (TPSA) is 74.5 Å². The van der Waals surface area contributed by atoms with Crippen LogP contribution in [-0.2, 0) is 0 Å². The van der Waals surface area contributed by atoms with E-state index in [9.17, 15) is 4.79 Å². The minimum absolute atomic E-state index is 0.00431. The Morgan fingerprint density at radius 2 is 2.19 bits per heavy atom. The lowest BCUT2D eigenvalue weighted by Crippen LogP contribution is -2.45. The Hall–Kier alpha value is -1.65. The lowest BCUT2D eigenvalue weighted by molar-refractivity contribution is 0.0664. The van der Waals surface area contributed by atoms with Crippen molar-refractivity contribution in [3.05, 3.63) is 12.0 Å². The molecular weight excluding hydrogens is 208 g/mol. The number of carbonyl (C=O) groups is 1. The van der Waals surface area contributed by atoms with Gasteiger partial charge < -0.3 is 20.2 Å². The van der Waals surface area contributed by atoms with Gasteiger partial charge >= 0.3 is 5.97 Å². The molecule has 1 fully saturated rings. The van der Waals surface area contributed by atoms with Crippen LogP contribution in [0.3, 0.4) is 0 Å². The third kappa shape index (κ3) is 1.27. The van der Waals surface area contributed by atoms with Crippen LogP contribution in [0.15, 0.2) is 10.7 Å². The van der Waals surface area contributed by atoms with Gasteiger partial charge in [0.25, 0.3) is 0 Å². The predicted molar refractivity (Wildman–Crippen MR) is 59.0 cm³/mol. The molecule has 1 saturated carbocycles. The van der Waals surface area contributed by atoms with Gasteiger partial charge in [-0.1, -0.05) is 12.8 Å². The highest BCUT2D eigenvalue weighted by Crippen LogP contribution is 2.41. The first-order valence-electron chi connectivity index (χ1n) is 5.57. The van der Waals surface area contributed by atoms with Gasteiger partial charge in [0.1, 0.15) is 12.0 Å². The number of carboxylic acid groups (broad SMARTS) is 1. The van der Waals surface area contributed by atoms with E-state index in [1.807, 2.05) is 0 Å². The van der Waals surface area contributed by atoms with Crippen molar-refractivity contribution in [2.45, 2.75) is 31.2 Å². The fraction of sp³-hybridized carbons (Fsp3) is 0.545. The molecule has 0 unspecified atom stereocenters. The standard InChI is InChI=1S/C11H14N2O3/c14-10(15)9-8-7(5-16-9)13-11(6-12-8)3-1-2-4-11/h5,12-13H,1-4,6H2,(H,14,15). The number of rotatable bonds is 1. The summed E-state index contributed by atoms with van der Waals surface area (Å²) in [6, 6.07) is 0. The van der Waals surface area contributed by atoms with E-state index in [2.05, 4.69) is 10.6 Å². The van der Waals surface area contributed by atoms with E-state index in [1.54, 1.807) is 0 Å². The van der Waals surface area contributed by atoms with Gasteiger partial charge in [0.15, 0.2) is 0 Å². The van der Waals surface area contributed by atoms with Crippen LogP contribution in [-0.4, -0.2) is 23.2 Å². The molecule has 5 heteroatoms. The van der Waals surface area contributed by atoms with Crippen LogP contribution >= 0.6 is 0 Å². The van der Waals surface area contributed by atoms with E-state index in [1.165, 1.54) is 19.1 Å². The van der Waals surface area contributed by atoms with Gasteiger partial charge in [0, 0.05) is 6.54 Å². The number of aromatic carboxylic acids is 1. The van der Waals surface area contributed by atoms with Crippen molar-refractivity contribution in [1.82, 2.24) is 0 Å². The summed E-state index contributed by atoms with van der Waals surface area (Å²) >= 11 is 0. The summed E-state index contributed by atoms with van der Waals surface area (Å²) in [5.41, 5.74) is 1.47. The number of carboxylic acids is 1. The highest BCUT2D eigenvalue weighted by atomic mass is 16.4. The predicted octanol–water partition coefficient (Wildman–Crippen LogP) is 2.13. The van der Waals surface area contributed by atoms with E-state index in [-0.39, 0.29) is 11.3 Å². The average molecular weight is 222 g/mol. The van der Waals surface area contributed by atoms with Gasteiger partial charge in [-0.2, -0.15) is 0 Å². The largest absolute Gasteiger partial charge is 0.475 e. The maximum absolute atomic E-state index is 10.9. The molecule has 0 atom stereocenters. The number of hydrogen-bond donors (Lipinski definition) is 3. The summed E-state index contributed by atoms with van der Waals surface area (Å²) in [5, 5.41) is 15.5. The highest BCUT2D eigenvalue weighted by molar-refractivity contribution is 5.96. The van der Waals surface area contributed by atoms with Crippen LogP contribution in [0.1, 0.15) is 36.2 Å². The first-order valence-corrected chi connectivity index (χ1v) is 5.57. The van der Waals surface area contributed by atoms with E-state index >= 15 is 0 Å². The van der Waals surface area contributed by atoms with Crippen LogP contribution < -0.4 is 10.6 Å². The molecule has 86 valence electrons. The SMILES string of the molecule is O=C(O)c1occ2c1NCC1(CCCC1)N2. The zero-order valence-corrected chi connectivity index (χ0v) is 8.88. The summed E-state index contributed by atoms with van der Waals surface area (Å²) in [6.45, 7) is 0.778. The van der Waals surface area contributed by atoms with Crippen molar-refractivity contribution < 1.29 is 14.3 Å². The molecule has 1 aliphatic carbocycles. The van der Waals surface area contributed by atoms with E-state index in [4.69, 9.17) is 9.52 Å². The van der Waals surface area contributed by atoms with Gasteiger partial charge in [-0.25, -0.2) is 4.79 Å². The van der Waals surface area contributed by atoms with Crippen molar-refractivity contribution in [1.29, 1.82) is 0 Å². The van der Waals surface area contributed by atoms with Gasteiger partial charge in [-0.15, -0.1) is 0 Å². The molecule has 1 aromatic rings. The molecule has 16 heavy (non-hydrogen) atoms. The normalized spacial score (nSPS) is 21.2. The fourth-order valence-corrected chi connectivity index (χ4v) is 2.72. The molecule has 3 rings (SSSR count). The van der Waals surface area contributed by atoms with Gasteiger partial charge in [-0.3, -0.25) is 0 Å². The molecule has 3 N–H and O–H groups in total. The zero-order valence-electron chi connectivity index (χ0n) is 8.88. The minimum atomic E-state index is -1.03. The van der Waals surface area contributed by atoms with E-state index in [0.717, 1.165) is 25.1 Å². The summed E-state index contributed by atoms with van der Waals surface area (Å²) in [5.74, 6) is -1.03. The smallest absolute Gasteiger partial charge is 0.374 e. The van der Waals surface area contributed by atoms with Crippen molar-refractivity contribution in [2.75, 3.05) is 17.2 Å². The molecule has 0 aromatic carbocycles. The van der Waals surface area contributed by atoms with Gasteiger partial charge in [0.05, 0.1) is 11.2 Å². The second kappa shape index (κ2) is 3.17. The van der Waals surface area contributed by atoms with E-state index in [0.29, 0.717) is 5.69 Å². The van der Waals surface area contributed by atoms with Crippen molar-refractivity contribution >= 4 is 17.3 Å². The van der Waals surface area contributed by atoms with Gasteiger partial charge in [-0.05, 0) is 12.8 Å². The Kier molecular flexibility index (Phi) is 1.89. The molecule has 1 spiro atoms. The van der Waals surface area contributed by atoms with Crippen molar-refractivity contribution in [2.24, 2.45) is 0 Å². The van der Waals surface area contributed by atoms with Crippen LogP contribution in [0.4, 0.5) is 11.4 Å². The number of nitrogens with one attached hydrogen (secondary N) is 2. The second-order valence-electron chi connectivity index (χ2n) is 4.62. The lowest BCUT2D eigenvalue weighted by Gasteiger charge is -2.35. The molecule has 1 aromatic heterocycles. The Labute approximate surface area is 92.8 Å². The molecule has 0 bridgehead atoms. The molecule has 0 saturated heterocycles. The monoisotopic (exact) mass is 222 g/mol. The number of anilines is 2. The molecule has 0 radical (unpaired) electrons. The zero-order chi connectivity index (χ0) is 11.2. The Balaban J connectivity index is 1.93. The summed E-state index contributed by atoms with van der Waals surface area (Å²) in [7, 11) is 0. The second-order valence-corrected chi connectivity index (χ2v) is 4.62. The first-order chi connectivity index (χ1) is 7.70. The first kappa shape index (κ1) is 9.57. The molecule has 2 heterocycles. The summed E-state index contributed by atoms with van der Waals surface area (Å²) in [4.78, 5) is 10.9. The molecule has 1 aliphatic heterocycles. The van der Waals surface area contributed by atoms with Crippen LogP contribution in [0, 0.1) is 0 Å². The third-order valence-electron chi connectivity index (χ3n) is 3.55.